The van der Waals surface area contributed by atoms with Crippen LogP contribution >= 0.6 is 11.6 Å². The molecule has 1 aromatic carbocycles. The van der Waals surface area contributed by atoms with E-state index in [1.165, 1.54) is 0 Å². The Balaban J connectivity index is 2.33. The van der Waals surface area contributed by atoms with Crippen LogP contribution in [0, 0.1) is 5.92 Å². The van der Waals surface area contributed by atoms with Gasteiger partial charge in [-0.1, -0.05) is 11.6 Å². The van der Waals surface area contributed by atoms with Gasteiger partial charge in [0.2, 0.25) is 0 Å². The molecule has 2 unspecified atom stereocenters. The Labute approximate surface area is 147 Å². The molecule has 2 rings (SSSR count). The summed E-state index contributed by atoms with van der Waals surface area (Å²) in [5.41, 5.74) is 1.85. The molecular formula is C18H23ClO5. The number of methoxy groups -OCH3 is 1. The number of carbonyl (C=O) groups excluding carboxylic acids is 2. The normalized spacial score (nSPS) is 18.8. The van der Waals surface area contributed by atoms with Crippen LogP contribution in [0.1, 0.15) is 43.7 Å². The molecule has 1 aliphatic rings. The summed E-state index contributed by atoms with van der Waals surface area (Å²) in [7, 11) is 1.59. The maximum Gasteiger partial charge on any atom is 0.306 e. The third kappa shape index (κ3) is 4.01. The summed E-state index contributed by atoms with van der Waals surface area (Å²) in [5, 5.41) is 0.631. The van der Waals surface area contributed by atoms with E-state index in [1.54, 1.807) is 33.1 Å². The zero-order valence-electron chi connectivity index (χ0n) is 14.3. The lowest BCUT2D eigenvalue weighted by Gasteiger charge is -2.20. The van der Waals surface area contributed by atoms with E-state index >= 15 is 0 Å². The number of carbonyl (C=O) groups is 2. The van der Waals surface area contributed by atoms with E-state index in [0.717, 1.165) is 11.1 Å². The maximum atomic E-state index is 12.0. The van der Waals surface area contributed by atoms with Crippen LogP contribution in [0.3, 0.4) is 0 Å². The van der Waals surface area contributed by atoms with E-state index in [2.05, 4.69) is 0 Å². The quantitative estimate of drug-likeness (QED) is 0.701. The maximum absolute atomic E-state index is 12.0. The first-order valence-electron chi connectivity index (χ1n) is 8.18. The van der Waals surface area contributed by atoms with Gasteiger partial charge < -0.3 is 14.2 Å². The van der Waals surface area contributed by atoms with Gasteiger partial charge in [0.05, 0.1) is 26.7 Å². The van der Waals surface area contributed by atoms with Gasteiger partial charge in [0.25, 0.3) is 0 Å². The highest BCUT2D eigenvalue weighted by Crippen LogP contribution is 2.48. The highest BCUT2D eigenvalue weighted by atomic mass is 35.5. The molecule has 0 bridgehead atoms. The van der Waals surface area contributed by atoms with E-state index in [9.17, 15) is 9.59 Å². The third-order valence-electron chi connectivity index (χ3n) is 4.31. The van der Waals surface area contributed by atoms with Crippen molar-refractivity contribution in [2.45, 2.75) is 39.0 Å². The lowest BCUT2D eigenvalue weighted by Crippen LogP contribution is -2.19. The van der Waals surface area contributed by atoms with E-state index in [0.29, 0.717) is 30.4 Å². The van der Waals surface area contributed by atoms with Gasteiger partial charge in [0, 0.05) is 22.9 Å². The number of hydrogen-bond acceptors (Lipinski definition) is 5. The van der Waals surface area contributed by atoms with Crippen LogP contribution in [-0.2, 0) is 25.5 Å². The molecule has 0 aliphatic heterocycles. The van der Waals surface area contributed by atoms with Gasteiger partial charge in [-0.2, -0.15) is 0 Å². The Hall–Kier alpha value is -1.75. The van der Waals surface area contributed by atoms with Crippen molar-refractivity contribution in [1.82, 2.24) is 0 Å². The highest BCUT2D eigenvalue weighted by molar-refractivity contribution is 6.31. The second kappa shape index (κ2) is 8.38. The van der Waals surface area contributed by atoms with Gasteiger partial charge in [-0.05, 0) is 43.9 Å². The van der Waals surface area contributed by atoms with Gasteiger partial charge in [-0.25, -0.2) is 0 Å². The Bertz CT molecular complexity index is 614. The average molecular weight is 355 g/mol. The average Bonchev–Trinajstić information content (AvgIpc) is 2.88. The molecule has 24 heavy (non-hydrogen) atoms. The van der Waals surface area contributed by atoms with Crippen molar-refractivity contribution in [3.8, 4) is 5.75 Å². The zero-order chi connectivity index (χ0) is 17.7. The SMILES string of the molecule is CCOC(=O)CC1Cc2c(Cl)ccc(OC)c2C1CC(=O)OCC. The van der Waals surface area contributed by atoms with Crippen molar-refractivity contribution < 1.29 is 23.8 Å². The van der Waals surface area contributed by atoms with E-state index in [4.69, 9.17) is 25.8 Å². The minimum Gasteiger partial charge on any atom is -0.496 e. The van der Waals surface area contributed by atoms with Crippen LogP contribution in [0.5, 0.6) is 5.75 Å². The standard InChI is InChI=1S/C18H23ClO5/c1-4-23-16(20)9-11-8-13-14(19)6-7-15(22-3)18(13)12(11)10-17(21)24-5-2/h6-7,11-12H,4-5,8-10H2,1-3H3. The molecule has 1 aromatic rings. The number of fused-ring (bicyclic) bond motifs is 1. The minimum atomic E-state index is -0.286. The molecule has 132 valence electrons. The highest BCUT2D eigenvalue weighted by Gasteiger charge is 2.39. The third-order valence-corrected chi connectivity index (χ3v) is 4.67. The predicted molar refractivity (Wildman–Crippen MR) is 90.4 cm³/mol. The number of benzene rings is 1. The molecule has 0 amide bonds. The smallest absolute Gasteiger partial charge is 0.306 e. The molecule has 6 heteroatoms. The Morgan fingerprint density at radius 3 is 2.33 bits per heavy atom. The van der Waals surface area contributed by atoms with Gasteiger partial charge in [-0.15, -0.1) is 0 Å². The first-order chi connectivity index (χ1) is 11.5. The van der Waals surface area contributed by atoms with Crippen LogP contribution in [0.4, 0.5) is 0 Å². The Kier molecular flexibility index (Phi) is 6.49. The van der Waals surface area contributed by atoms with Crippen LogP contribution < -0.4 is 4.74 Å². The summed E-state index contributed by atoms with van der Waals surface area (Å²) in [4.78, 5) is 24.0. The van der Waals surface area contributed by atoms with Crippen molar-refractivity contribution in [2.24, 2.45) is 5.92 Å². The second-order valence-electron chi connectivity index (χ2n) is 5.73. The Morgan fingerprint density at radius 1 is 1.12 bits per heavy atom. The van der Waals surface area contributed by atoms with Crippen LogP contribution in [0.25, 0.3) is 0 Å². The van der Waals surface area contributed by atoms with E-state index in [-0.39, 0.29) is 36.6 Å². The molecule has 0 spiro atoms. The fourth-order valence-electron chi connectivity index (χ4n) is 3.37. The van der Waals surface area contributed by atoms with Crippen molar-refractivity contribution in [3.63, 3.8) is 0 Å². The largest absolute Gasteiger partial charge is 0.496 e. The van der Waals surface area contributed by atoms with Gasteiger partial charge in [0.15, 0.2) is 0 Å². The van der Waals surface area contributed by atoms with Gasteiger partial charge >= 0.3 is 11.9 Å². The van der Waals surface area contributed by atoms with E-state index in [1.807, 2.05) is 0 Å². The fourth-order valence-corrected chi connectivity index (χ4v) is 3.61. The number of ether oxygens (including phenoxy) is 3. The predicted octanol–water partition coefficient (Wildman–Crippen LogP) is 3.51. The summed E-state index contributed by atoms with van der Waals surface area (Å²) in [6, 6.07) is 3.58. The summed E-state index contributed by atoms with van der Waals surface area (Å²) in [6.07, 6.45) is 1.06. The number of hydrogen-bond donors (Lipinski definition) is 0. The summed E-state index contributed by atoms with van der Waals surface area (Å²) in [6.45, 7) is 4.21. The molecule has 0 saturated heterocycles. The van der Waals surface area contributed by atoms with Crippen LogP contribution in [-0.4, -0.2) is 32.3 Å². The van der Waals surface area contributed by atoms with Crippen LogP contribution in [0.2, 0.25) is 5.02 Å². The first kappa shape index (κ1) is 18.6. The molecule has 0 radical (unpaired) electrons. The van der Waals surface area contributed by atoms with Crippen LogP contribution in [0.15, 0.2) is 12.1 Å². The molecule has 0 N–H and O–H groups in total. The van der Waals surface area contributed by atoms with Crippen molar-refractivity contribution in [1.29, 1.82) is 0 Å². The minimum absolute atomic E-state index is 0.0581. The molecule has 5 nitrogen and oxygen atoms in total. The lowest BCUT2D eigenvalue weighted by atomic mass is 9.87. The number of esters is 2. The number of rotatable bonds is 7. The molecule has 2 atom stereocenters. The van der Waals surface area contributed by atoms with Crippen molar-refractivity contribution in [3.05, 3.63) is 28.3 Å². The fraction of sp³-hybridized carbons (Fsp3) is 0.556. The zero-order valence-corrected chi connectivity index (χ0v) is 15.0. The summed E-state index contributed by atoms with van der Waals surface area (Å²) in [5.74, 6) is -0.0880. The topological polar surface area (TPSA) is 61.8 Å². The number of halogens is 1. The summed E-state index contributed by atoms with van der Waals surface area (Å²) >= 11 is 6.34. The van der Waals surface area contributed by atoms with Crippen molar-refractivity contribution in [2.75, 3.05) is 20.3 Å². The van der Waals surface area contributed by atoms with Gasteiger partial charge in [0.1, 0.15) is 5.75 Å². The molecule has 1 aliphatic carbocycles. The summed E-state index contributed by atoms with van der Waals surface area (Å²) < 4.78 is 15.6. The molecular weight excluding hydrogens is 332 g/mol. The lowest BCUT2D eigenvalue weighted by molar-refractivity contribution is -0.146. The van der Waals surface area contributed by atoms with Gasteiger partial charge in [-0.3, -0.25) is 9.59 Å². The molecule has 0 saturated carbocycles. The Morgan fingerprint density at radius 2 is 1.75 bits per heavy atom. The second-order valence-corrected chi connectivity index (χ2v) is 6.14. The van der Waals surface area contributed by atoms with E-state index < -0.39 is 0 Å². The molecule has 0 heterocycles. The molecule has 0 aromatic heterocycles. The first-order valence-corrected chi connectivity index (χ1v) is 8.56. The molecule has 0 fully saturated rings. The monoisotopic (exact) mass is 354 g/mol. The van der Waals surface area contributed by atoms with Crippen molar-refractivity contribution >= 4 is 23.5 Å².